The van der Waals surface area contributed by atoms with Crippen LogP contribution in [0.3, 0.4) is 0 Å². The van der Waals surface area contributed by atoms with Crippen LogP contribution >= 0.6 is 11.8 Å². The van der Waals surface area contributed by atoms with E-state index in [1.54, 1.807) is 0 Å². The normalized spacial score (nSPS) is 32.6. The molecule has 1 saturated carbocycles. The van der Waals surface area contributed by atoms with Crippen molar-refractivity contribution in [2.45, 2.75) is 41.7 Å². The molecule has 1 heteroatoms. The molecule has 0 nitrogen and oxygen atoms in total. The second kappa shape index (κ2) is 4.29. The van der Waals surface area contributed by atoms with Crippen molar-refractivity contribution in [3.63, 3.8) is 0 Å². The number of rotatable bonds is 2. The Kier molecular flexibility index (Phi) is 2.81. The highest BCUT2D eigenvalue weighted by molar-refractivity contribution is 8.00. The van der Waals surface area contributed by atoms with Gasteiger partial charge in [-0.3, -0.25) is 0 Å². The van der Waals surface area contributed by atoms with Gasteiger partial charge < -0.3 is 0 Å². The molecule has 0 spiro atoms. The first-order valence-corrected chi connectivity index (χ1v) is 7.10. The quantitative estimate of drug-likeness (QED) is 0.665. The maximum Gasteiger partial charge on any atom is 0.0388 e. The molecule has 2 bridgehead atoms. The summed E-state index contributed by atoms with van der Waals surface area (Å²) in [7, 11) is 0. The highest BCUT2D eigenvalue weighted by atomic mass is 32.2. The molecule has 2 aliphatic rings. The largest absolute Gasteiger partial charge is 0.115 e. The molecule has 0 saturated heterocycles. The molecular formula is C15H18S. The molecule has 0 aromatic heterocycles. The first kappa shape index (κ1) is 10.5. The number of thioether (sulfide) groups is 1. The number of benzene rings is 1. The maximum atomic E-state index is 2.49. The molecule has 2 atom stereocenters. The van der Waals surface area contributed by atoms with Gasteiger partial charge in [0.05, 0.1) is 0 Å². The Balaban J connectivity index is 1.82. The van der Waals surface area contributed by atoms with Crippen LogP contribution in [-0.4, -0.2) is 4.75 Å². The van der Waals surface area contributed by atoms with E-state index in [1.165, 1.54) is 37.0 Å². The van der Waals surface area contributed by atoms with E-state index in [0.29, 0.717) is 4.75 Å². The van der Waals surface area contributed by atoms with Gasteiger partial charge in [0.1, 0.15) is 0 Å². The molecule has 1 aromatic rings. The summed E-state index contributed by atoms with van der Waals surface area (Å²) in [6, 6.07) is 10.9. The van der Waals surface area contributed by atoms with Gasteiger partial charge in [0.2, 0.25) is 0 Å². The summed E-state index contributed by atoms with van der Waals surface area (Å²) in [5.74, 6) is 0.954. The molecule has 2 aliphatic carbocycles. The van der Waals surface area contributed by atoms with E-state index >= 15 is 0 Å². The minimum absolute atomic E-state index is 0.419. The summed E-state index contributed by atoms with van der Waals surface area (Å²) in [6.07, 6.45) is 11.8. The highest BCUT2D eigenvalue weighted by Crippen LogP contribution is 2.49. The fourth-order valence-electron chi connectivity index (χ4n) is 3.06. The summed E-state index contributed by atoms with van der Waals surface area (Å²) >= 11 is 2.08. The number of allylic oxidation sites excluding steroid dienone is 1. The van der Waals surface area contributed by atoms with Crippen molar-refractivity contribution in [3.05, 3.63) is 42.5 Å². The minimum atomic E-state index is 0.419. The van der Waals surface area contributed by atoms with Gasteiger partial charge in [0.15, 0.2) is 0 Å². The van der Waals surface area contributed by atoms with Crippen molar-refractivity contribution < 1.29 is 0 Å². The smallest absolute Gasteiger partial charge is 0.0388 e. The van der Waals surface area contributed by atoms with E-state index < -0.39 is 0 Å². The Bertz CT molecular complexity index is 382. The molecule has 3 rings (SSSR count). The summed E-state index contributed by atoms with van der Waals surface area (Å²) in [6.45, 7) is 0. The predicted octanol–water partition coefficient (Wildman–Crippen LogP) is 4.67. The Hall–Kier alpha value is -0.690. The zero-order chi connectivity index (χ0) is 10.8. The lowest BCUT2D eigenvalue weighted by Gasteiger charge is -2.41. The lowest BCUT2D eigenvalue weighted by atomic mass is 9.75. The van der Waals surface area contributed by atoms with Crippen LogP contribution in [0.1, 0.15) is 32.1 Å². The Labute approximate surface area is 102 Å². The van der Waals surface area contributed by atoms with Crippen LogP contribution in [0.15, 0.2) is 47.4 Å². The molecule has 16 heavy (non-hydrogen) atoms. The van der Waals surface area contributed by atoms with Gasteiger partial charge in [-0.15, -0.1) is 11.8 Å². The van der Waals surface area contributed by atoms with Gasteiger partial charge in [0.25, 0.3) is 0 Å². The maximum absolute atomic E-state index is 2.49. The monoisotopic (exact) mass is 230 g/mol. The molecular weight excluding hydrogens is 212 g/mol. The van der Waals surface area contributed by atoms with Gasteiger partial charge in [-0.05, 0) is 37.3 Å². The number of hydrogen-bond acceptors (Lipinski definition) is 1. The number of hydrogen-bond donors (Lipinski definition) is 0. The van der Waals surface area contributed by atoms with E-state index in [-0.39, 0.29) is 0 Å². The van der Waals surface area contributed by atoms with Crippen LogP contribution in [0.2, 0.25) is 0 Å². The average Bonchev–Trinajstić information content (AvgIpc) is 2.30. The standard InChI is InChI=1S/C15H18S/c1-2-8-14(9-3-1)16-15-10-4-6-13(12-15)7-5-11-15/h1-4,8-10,13H,5-7,11-12H2/t13-,15-/m0/s1. The molecule has 0 aliphatic heterocycles. The molecule has 0 heterocycles. The lowest BCUT2D eigenvalue weighted by Crippen LogP contribution is -2.32. The number of fused-ring (bicyclic) bond motifs is 2. The molecule has 0 unspecified atom stereocenters. The van der Waals surface area contributed by atoms with E-state index in [4.69, 9.17) is 0 Å². The second-order valence-corrected chi connectivity index (χ2v) is 6.57. The predicted molar refractivity (Wildman–Crippen MR) is 70.7 cm³/mol. The van der Waals surface area contributed by atoms with Gasteiger partial charge in [-0.25, -0.2) is 0 Å². The van der Waals surface area contributed by atoms with Crippen molar-refractivity contribution in [2.75, 3.05) is 0 Å². The van der Waals surface area contributed by atoms with Gasteiger partial charge in [-0.2, -0.15) is 0 Å². The van der Waals surface area contributed by atoms with E-state index in [2.05, 4.69) is 54.2 Å². The summed E-state index contributed by atoms with van der Waals surface area (Å²) in [5, 5.41) is 0. The fourth-order valence-corrected chi connectivity index (χ4v) is 4.55. The van der Waals surface area contributed by atoms with Crippen LogP contribution in [-0.2, 0) is 0 Å². The zero-order valence-corrected chi connectivity index (χ0v) is 10.4. The molecule has 0 N–H and O–H groups in total. The van der Waals surface area contributed by atoms with E-state index in [1.807, 2.05) is 0 Å². The molecule has 1 aromatic carbocycles. The highest BCUT2D eigenvalue weighted by Gasteiger charge is 2.36. The minimum Gasteiger partial charge on any atom is -0.115 e. The average molecular weight is 230 g/mol. The van der Waals surface area contributed by atoms with Crippen LogP contribution in [0.5, 0.6) is 0 Å². The van der Waals surface area contributed by atoms with Crippen LogP contribution < -0.4 is 0 Å². The molecule has 1 fully saturated rings. The fraction of sp³-hybridized carbons (Fsp3) is 0.467. The van der Waals surface area contributed by atoms with Crippen LogP contribution in [0, 0.1) is 5.92 Å². The van der Waals surface area contributed by atoms with E-state index in [9.17, 15) is 0 Å². The van der Waals surface area contributed by atoms with Gasteiger partial charge in [-0.1, -0.05) is 43.2 Å². The van der Waals surface area contributed by atoms with Crippen molar-refractivity contribution >= 4 is 11.8 Å². The third-order valence-electron chi connectivity index (χ3n) is 3.80. The SMILES string of the molecule is C1=C[C@]2(Sc3ccccc3)CCC[C@H](C1)C2. The third-order valence-corrected chi connectivity index (χ3v) is 5.22. The van der Waals surface area contributed by atoms with Gasteiger partial charge >= 0.3 is 0 Å². The van der Waals surface area contributed by atoms with Crippen LogP contribution in [0.25, 0.3) is 0 Å². The van der Waals surface area contributed by atoms with Crippen molar-refractivity contribution in [2.24, 2.45) is 5.92 Å². The summed E-state index contributed by atoms with van der Waals surface area (Å²) in [5.41, 5.74) is 0. The van der Waals surface area contributed by atoms with E-state index in [0.717, 1.165) is 5.92 Å². The topological polar surface area (TPSA) is 0 Å². The summed E-state index contributed by atoms with van der Waals surface area (Å²) in [4.78, 5) is 1.43. The lowest BCUT2D eigenvalue weighted by molar-refractivity contribution is 0.315. The van der Waals surface area contributed by atoms with Crippen molar-refractivity contribution in [1.82, 2.24) is 0 Å². The third kappa shape index (κ3) is 2.06. The molecule has 0 amide bonds. The molecule has 84 valence electrons. The van der Waals surface area contributed by atoms with Crippen molar-refractivity contribution in [3.8, 4) is 0 Å². The van der Waals surface area contributed by atoms with Gasteiger partial charge in [0, 0.05) is 9.64 Å². The first-order valence-electron chi connectivity index (χ1n) is 6.28. The first-order chi connectivity index (χ1) is 7.86. The van der Waals surface area contributed by atoms with Crippen molar-refractivity contribution in [1.29, 1.82) is 0 Å². The Morgan fingerprint density at radius 1 is 1.19 bits per heavy atom. The Morgan fingerprint density at radius 3 is 2.94 bits per heavy atom. The van der Waals surface area contributed by atoms with Crippen LogP contribution in [0.4, 0.5) is 0 Å². The zero-order valence-electron chi connectivity index (χ0n) is 9.56. The second-order valence-electron chi connectivity index (χ2n) is 5.08. The molecule has 0 radical (unpaired) electrons. The Morgan fingerprint density at radius 2 is 2.06 bits per heavy atom. The summed E-state index contributed by atoms with van der Waals surface area (Å²) < 4.78 is 0.419.